The normalized spacial score (nSPS) is 10.6. The molecule has 0 aliphatic rings. The topological polar surface area (TPSA) is 77.2 Å². The smallest absolute Gasteiger partial charge is 0.227 e. The van der Waals surface area contributed by atoms with Gasteiger partial charge < -0.3 is 14.6 Å². The van der Waals surface area contributed by atoms with Gasteiger partial charge in [-0.15, -0.1) is 0 Å². The zero-order valence-electron chi connectivity index (χ0n) is 10.6. The molecule has 1 N–H and O–H groups in total. The Morgan fingerprint density at radius 1 is 1.58 bits per heavy atom. The lowest BCUT2D eigenvalue weighted by Gasteiger charge is -2.02. The van der Waals surface area contributed by atoms with Gasteiger partial charge in [-0.1, -0.05) is 5.16 Å². The summed E-state index contributed by atoms with van der Waals surface area (Å²) in [4.78, 5) is 15.7. The Labute approximate surface area is 114 Å². The highest BCUT2D eigenvalue weighted by atomic mass is 32.1. The van der Waals surface area contributed by atoms with Gasteiger partial charge in [-0.25, -0.2) is 0 Å². The van der Waals surface area contributed by atoms with Crippen LogP contribution >= 0.6 is 11.3 Å². The van der Waals surface area contributed by atoms with Crippen LogP contribution in [-0.2, 0) is 16.0 Å². The maximum Gasteiger partial charge on any atom is 0.227 e. The lowest BCUT2D eigenvalue weighted by Crippen LogP contribution is -2.27. The van der Waals surface area contributed by atoms with Gasteiger partial charge in [-0.2, -0.15) is 16.3 Å². The number of amides is 1. The first kappa shape index (κ1) is 13.7. The summed E-state index contributed by atoms with van der Waals surface area (Å²) in [7, 11) is 1.59. The molecule has 0 aromatic carbocycles. The molecule has 1 amide bonds. The van der Waals surface area contributed by atoms with Gasteiger partial charge in [0.05, 0.1) is 6.61 Å². The molecule has 0 bridgehead atoms. The number of ether oxygens (including phenoxy) is 1. The molecule has 2 heterocycles. The summed E-state index contributed by atoms with van der Waals surface area (Å²) >= 11 is 1.58. The molecule has 6 nitrogen and oxygen atoms in total. The number of aryl methyl sites for hydroxylation is 1. The van der Waals surface area contributed by atoms with Gasteiger partial charge in [0.25, 0.3) is 0 Å². The molecular weight excluding hydrogens is 266 g/mol. The summed E-state index contributed by atoms with van der Waals surface area (Å²) in [5.74, 6) is 0.992. The largest absolute Gasteiger partial charge is 0.383 e. The summed E-state index contributed by atoms with van der Waals surface area (Å²) in [5.41, 5.74) is 0.935. The highest BCUT2D eigenvalue weighted by Crippen LogP contribution is 2.18. The predicted molar refractivity (Wildman–Crippen MR) is 70.8 cm³/mol. The number of methoxy groups -OCH3 is 1. The van der Waals surface area contributed by atoms with E-state index >= 15 is 0 Å². The van der Waals surface area contributed by atoms with Crippen LogP contribution in [0.1, 0.15) is 12.3 Å². The number of rotatable bonds is 7. The van der Waals surface area contributed by atoms with Crippen LogP contribution in [0.2, 0.25) is 0 Å². The molecule has 0 saturated heterocycles. The van der Waals surface area contributed by atoms with E-state index in [2.05, 4.69) is 15.5 Å². The van der Waals surface area contributed by atoms with Crippen molar-refractivity contribution >= 4 is 17.2 Å². The van der Waals surface area contributed by atoms with Crippen LogP contribution in [0, 0.1) is 0 Å². The maximum absolute atomic E-state index is 11.5. The van der Waals surface area contributed by atoms with E-state index in [4.69, 9.17) is 9.26 Å². The number of thiophene rings is 1. The van der Waals surface area contributed by atoms with Gasteiger partial charge >= 0.3 is 0 Å². The predicted octanol–water partition coefficient (Wildman–Crippen LogP) is 1.49. The summed E-state index contributed by atoms with van der Waals surface area (Å²) < 4.78 is 9.95. The number of carbonyl (C=O) groups excluding carboxylic acids is 1. The first-order valence-corrected chi connectivity index (χ1v) is 6.84. The minimum atomic E-state index is -0.0488. The molecule has 0 radical (unpaired) electrons. The Bertz CT molecular complexity index is 510. The van der Waals surface area contributed by atoms with E-state index in [0.29, 0.717) is 37.7 Å². The summed E-state index contributed by atoms with van der Waals surface area (Å²) in [5, 5.41) is 10.5. The maximum atomic E-state index is 11.5. The van der Waals surface area contributed by atoms with E-state index in [1.54, 1.807) is 18.4 Å². The van der Waals surface area contributed by atoms with Crippen LogP contribution in [0.5, 0.6) is 0 Å². The van der Waals surface area contributed by atoms with Crippen molar-refractivity contribution in [1.82, 2.24) is 15.5 Å². The average Bonchev–Trinajstić information content (AvgIpc) is 3.07. The van der Waals surface area contributed by atoms with E-state index in [-0.39, 0.29) is 5.91 Å². The first-order chi connectivity index (χ1) is 9.29. The number of nitrogens with zero attached hydrogens (tertiary/aromatic N) is 2. The third kappa shape index (κ3) is 4.15. The minimum absolute atomic E-state index is 0.0488. The second kappa shape index (κ2) is 7.01. The Hall–Kier alpha value is -1.73. The van der Waals surface area contributed by atoms with Gasteiger partial charge in [0.15, 0.2) is 0 Å². The lowest BCUT2D eigenvalue weighted by molar-refractivity contribution is -0.121. The van der Waals surface area contributed by atoms with Crippen molar-refractivity contribution in [2.24, 2.45) is 0 Å². The summed E-state index contributed by atoms with van der Waals surface area (Å²) in [6.45, 7) is 1.02. The zero-order chi connectivity index (χ0) is 13.5. The van der Waals surface area contributed by atoms with Crippen LogP contribution in [0.4, 0.5) is 0 Å². The van der Waals surface area contributed by atoms with Gasteiger partial charge in [-0.3, -0.25) is 4.79 Å². The Morgan fingerprint density at radius 2 is 2.47 bits per heavy atom. The van der Waals surface area contributed by atoms with Crippen molar-refractivity contribution in [3.8, 4) is 11.4 Å². The number of nitrogens with one attached hydrogen (secondary N) is 1. The molecular formula is C12H15N3O3S. The average molecular weight is 281 g/mol. The molecule has 102 valence electrons. The highest BCUT2D eigenvalue weighted by Gasteiger charge is 2.10. The zero-order valence-corrected chi connectivity index (χ0v) is 11.4. The third-order valence-corrected chi connectivity index (χ3v) is 3.12. The fourth-order valence-electron chi connectivity index (χ4n) is 1.47. The minimum Gasteiger partial charge on any atom is -0.383 e. The van der Waals surface area contributed by atoms with Gasteiger partial charge in [0.1, 0.15) is 0 Å². The molecule has 0 atom stereocenters. The molecule has 0 saturated carbocycles. The monoisotopic (exact) mass is 281 g/mol. The van der Waals surface area contributed by atoms with Crippen molar-refractivity contribution in [2.45, 2.75) is 12.8 Å². The number of hydrogen-bond acceptors (Lipinski definition) is 6. The van der Waals surface area contributed by atoms with Crippen LogP contribution in [0.25, 0.3) is 11.4 Å². The number of aromatic nitrogens is 2. The van der Waals surface area contributed by atoms with Crippen LogP contribution in [0.3, 0.4) is 0 Å². The number of carbonyl (C=O) groups is 1. The molecule has 19 heavy (non-hydrogen) atoms. The van der Waals surface area contributed by atoms with Crippen molar-refractivity contribution in [3.63, 3.8) is 0 Å². The number of hydrogen-bond donors (Lipinski definition) is 1. The van der Waals surface area contributed by atoms with Crippen LogP contribution < -0.4 is 5.32 Å². The van der Waals surface area contributed by atoms with Gasteiger partial charge in [-0.05, 0) is 11.4 Å². The molecule has 0 spiro atoms. The summed E-state index contributed by atoms with van der Waals surface area (Å²) in [6.07, 6.45) is 0.769. The fourth-order valence-corrected chi connectivity index (χ4v) is 2.10. The molecule has 0 fully saturated rings. The van der Waals surface area contributed by atoms with E-state index < -0.39 is 0 Å². The molecule has 2 aromatic heterocycles. The van der Waals surface area contributed by atoms with Crippen molar-refractivity contribution < 1.29 is 14.1 Å². The molecule has 0 aliphatic carbocycles. The van der Waals surface area contributed by atoms with E-state index in [0.717, 1.165) is 5.56 Å². The molecule has 7 heteroatoms. The first-order valence-electron chi connectivity index (χ1n) is 5.90. The highest BCUT2D eigenvalue weighted by molar-refractivity contribution is 7.08. The molecule has 0 aliphatic heterocycles. The second-order valence-corrected chi connectivity index (χ2v) is 4.65. The Kier molecular flexibility index (Phi) is 5.05. The molecule has 0 unspecified atom stereocenters. The van der Waals surface area contributed by atoms with Gasteiger partial charge in [0, 0.05) is 37.4 Å². The third-order valence-electron chi connectivity index (χ3n) is 2.44. The van der Waals surface area contributed by atoms with Crippen molar-refractivity contribution in [1.29, 1.82) is 0 Å². The van der Waals surface area contributed by atoms with Crippen molar-refractivity contribution in [2.75, 3.05) is 20.3 Å². The Balaban J connectivity index is 1.79. The van der Waals surface area contributed by atoms with Gasteiger partial charge in [0.2, 0.25) is 17.6 Å². The quantitative estimate of drug-likeness (QED) is 0.778. The van der Waals surface area contributed by atoms with Crippen LogP contribution in [-0.4, -0.2) is 36.3 Å². The fraction of sp³-hybridized carbons (Fsp3) is 0.417. The Morgan fingerprint density at radius 3 is 3.21 bits per heavy atom. The molecule has 2 aromatic rings. The molecule has 2 rings (SSSR count). The van der Waals surface area contributed by atoms with Crippen LogP contribution in [0.15, 0.2) is 21.3 Å². The van der Waals surface area contributed by atoms with E-state index in [9.17, 15) is 4.79 Å². The van der Waals surface area contributed by atoms with Crippen molar-refractivity contribution in [3.05, 3.63) is 22.7 Å². The SMILES string of the molecule is COCCNC(=O)CCc1nc(-c2ccsc2)no1. The van der Waals surface area contributed by atoms with E-state index in [1.165, 1.54) is 0 Å². The summed E-state index contributed by atoms with van der Waals surface area (Å²) in [6, 6.07) is 1.93. The standard InChI is InChI=1S/C12H15N3O3S/c1-17-6-5-13-10(16)2-3-11-14-12(15-18-11)9-4-7-19-8-9/h4,7-8H,2-3,5-6H2,1H3,(H,13,16). The second-order valence-electron chi connectivity index (χ2n) is 3.87. The van der Waals surface area contributed by atoms with E-state index in [1.807, 2.05) is 16.8 Å². The lowest BCUT2D eigenvalue weighted by atomic mass is 10.3.